The van der Waals surface area contributed by atoms with Crippen molar-refractivity contribution in [3.05, 3.63) is 0 Å². The van der Waals surface area contributed by atoms with Crippen molar-refractivity contribution in [2.45, 2.75) is 20.3 Å². The van der Waals surface area contributed by atoms with Gasteiger partial charge in [0.2, 0.25) is 0 Å². The van der Waals surface area contributed by atoms with Gasteiger partial charge in [-0.05, 0) is 18.9 Å². The molecule has 0 radical (unpaired) electrons. The number of rotatable bonds is 3. The molecule has 1 aliphatic heterocycles. The lowest BCUT2D eigenvalue weighted by atomic mass is 10.1. The summed E-state index contributed by atoms with van der Waals surface area (Å²) in [6, 6.07) is 0. The Hall–Kier alpha value is 0.310. The summed E-state index contributed by atoms with van der Waals surface area (Å²) >= 11 is 2.09. The first kappa shape index (κ1) is 9.40. The third-order valence-electron chi connectivity index (χ3n) is 2.13. The van der Waals surface area contributed by atoms with Crippen LogP contribution in [0.2, 0.25) is 0 Å². The van der Waals surface area contributed by atoms with E-state index in [-0.39, 0.29) is 0 Å². The van der Waals surface area contributed by atoms with E-state index < -0.39 is 0 Å². The van der Waals surface area contributed by atoms with Crippen LogP contribution in [0.15, 0.2) is 0 Å². The number of hydrogen-bond acceptors (Lipinski definition) is 2. The van der Waals surface area contributed by atoms with Crippen LogP contribution >= 0.6 is 11.8 Å². The highest BCUT2D eigenvalue weighted by atomic mass is 32.2. The molecule has 0 bridgehead atoms. The van der Waals surface area contributed by atoms with Crippen molar-refractivity contribution in [3.8, 4) is 0 Å². The van der Waals surface area contributed by atoms with Crippen molar-refractivity contribution < 1.29 is 0 Å². The molecule has 1 heterocycles. The maximum Gasteiger partial charge on any atom is 0.00727 e. The van der Waals surface area contributed by atoms with Gasteiger partial charge < -0.3 is 4.90 Å². The normalized spacial score (nSPS) is 21.0. The van der Waals surface area contributed by atoms with E-state index in [0.29, 0.717) is 0 Å². The molecule has 0 amide bonds. The maximum atomic E-state index is 2.59. The first-order valence-corrected chi connectivity index (χ1v) is 5.74. The molecule has 1 saturated heterocycles. The number of nitrogens with zero attached hydrogens (tertiary/aromatic N) is 1. The van der Waals surface area contributed by atoms with Crippen molar-refractivity contribution in [1.29, 1.82) is 0 Å². The molecule has 0 aromatic heterocycles. The molecule has 11 heavy (non-hydrogen) atoms. The van der Waals surface area contributed by atoms with Crippen molar-refractivity contribution in [1.82, 2.24) is 4.90 Å². The van der Waals surface area contributed by atoms with Gasteiger partial charge in [0.15, 0.2) is 0 Å². The molecule has 0 N–H and O–H groups in total. The van der Waals surface area contributed by atoms with E-state index >= 15 is 0 Å². The molecule has 0 atom stereocenters. The van der Waals surface area contributed by atoms with Gasteiger partial charge in [0.25, 0.3) is 0 Å². The van der Waals surface area contributed by atoms with Crippen LogP contribution in [0.1, 0.15) is 20.3 Å². The Labute approximate surface area is 74.5 Å². The Balaban J connectivity index is 2.05. The minimum atomic E-state index is 0.865. The summed E-state index contributed by atoms with van der Waals surface area (Å²) in [7, 11) is 0. The summed E-state index contributed by atoms with van der Waals surface area (Å²) < 4.78 is 0. The Bertz CT molecular complexity index is 97.7. The molecule has 1 aliphatic rings. The summed E-state index contributed by atoms with van der Waals surface area (Å²) in [4.78, 5) is 2.59. The highest BCUT2D eigenvalue weighted by molar-refractivity contribution is 7.99. The average Bonchev–Trinajstić information content (AvgIpc) is 2.03. The Morgan fingerprint density at radius 3 is 2.45 bits per heavy atom. The molecule has 1 nitrogen and oxygen atoms in total. The lowest BCUT2D eigenvalue weighted by Gasteiger charge is -2.26. The number of thioether (sulfide) groups is 1. The van der Waals surface area contributed by atoms with Crippen molar-refractivity contribution in [3.63, 3.8) is 0 Å². The smallest absolute Gasteiger partial charge is 0.00727 e. The second-order valence-corrected chi connectivity index (χ2v) is 4.86. The van der Waals surface area contributed by atoms with Crippen LogP contribution < -0.4 is 0 Å². The van der Waals surface area contributed by atoms with E-state index in [1.54, 1.807) is 0 Å². The van der Waals surface area contributed by atoms with Gasteiger partial charge >= 0.3 is 0 Å². The van der Waals surface area contributed by atoms with E-state index in [2.05, 4.69) is 30.5 Å². The third kappa shape index (κ3) is 4.02. The molecule has 2 heteroatoms. The van der Waals surface area contributed by atoms with E-state index in [1.165, 1.54) is 37.6 Å². The van der Waals surface area contributed by atoms with Gasteiger partial charge in [0, 0.05) is 24.6 Å². The van der Waals surface area contributed by atoms with E-state index in [9.17, 15) is 0 Å². The van der Waals surface area contributed by atoms with E-state index in [1.807, 2.05) is 0 Å². The lowest BCUT2D eigenvalue weighted by molar-refractivity contribution is 0.283. The van der Waals surface area contributed by atoms with Crippen LogP contribution in [0.3, 0.4) is 0 Å². The van der Waals surface area contributed by atoms with Crippen LogP contribution in [-0.4, -0.2) is 36.0 Å². The second-order valence-electron chi connectivity index (χ2n) is 3.64. The fourth-order valence-electron chi connectivity index (χ4n) is 1.27. The summed E-state index contributed by atoms with van der Waals surface area (Å²) in [6.07, 6.45) is 1.37. The minimum Gasteiger partial charge on any atom is -0.302 e. The predicted octanol–water partition coefficient (Wildman–Crippen LogP) is 2.08. The van der Waals surface area contributed by atoms with Crippen molar-refractivity contribution in [2.75, 3.05) is 31.1 Å². The molecule has 1 fully saturated rings. The Morgan fingerprint density at radius 1 is 1.27 bits per heavy atom. The highest BCUT2D eigenvalue weighted by Crippen LogP contribution is 2.10. The SMILES string of the molecule is CC(C)CCN1CCSCC1. The predicted molar refractivity (Wildman–Crippen MR) is 53.2 cm³/mol. The molecule has 1 rings (SSSR count). The van der Waals surface area contributed by atoms with E-state index in [4.69, 9.17) is 0 Å². The zero-order chi connectivity index (χ0) is 8.10. The van der Waals surface area contributed by atoms with Gasteiger partial charge in [-0.15, -0.1) is 0 Å². The quantitative estimate of drug-likeness (QED) is 0.643. The Kier molecular flexibility index (Phi) is 4.31. The van der Waals surface area contributed by atoms with Crippen LogP contribution in [0.5, 0.6) is 0 Å². The molecule has 0 aliphatic carbocycles. The second kappa shape index (κ2) is 5.04. The van der Waals surface area contributed by atoms with Crippen LogP contribution in [0.25, 0.3) is 0 Å². The van der Waals surface area contributed by atoms with E-state index in [0.717, 1.165) is 5.92 Å². The molecule has 0 saturated carbocycles. The molecule has 0 spiro atoms. The topological polar surface area (TPSA) is 3.24 Å². The zero-order valence-electron chi connectivity index (χ0n) is 7.68. The molecule has 0 unspecified atom stereocenters. The van der Waals surface area contributed by atoms with Crippen molar-refractivity contribution >= 4 is 11.8 Å². The summed E-state index contributed by atoms with van der Waals surface area (Å²) in [5.74, 6) is 3.56. The molecular formula is C9H19NS. The first-order chi connectivity index (χ1) is 5.29. The maximum absolute atomic E-state index is 2.59. The lowest BCUT2D eigenvalue weighted by Crippen LogP contribution is -2.33. The summed E-state index contributed by atoms with van der Waals surface area (Å²) in [5, 5.41) is 0. The molecular weight excluding hydrogens is 154 g/mol. The minimum absolute atomic E-state index is 0.865. The molecule has 66 valence electrons. The molecule has 0 aromatic carbocycles. The van der Waals surface area contributed by atoms with Gasteiger partial charge in [-0.3, -0.25) is 0 Å². The van der Waals surface area contributed by atoms with Crippen molar-refractivity contribution in [2.24, 2.45) is 5.92 Å². The van der Waals surface area contributed by atoms with Crippen LogP contribution in [0, 0.1) is 5.92 Å². The van der Waals surface area contributed by atoms with Gasteiger partial charge in [-0.1, -0.05) is 13.8 Å². The summed E-state index contributed by atoms with van der Waals surface area (Å²) in [5.41, 5.74) is 0. The third-order valence-corrected chi connectivity index (χ3v) is 3.07. The summed E-state index contributed by atoms with van der Waals surface area (Å²) in [6.45, 7) is 8.56. The van der Waals surface area contributed by atoms with Gasteiger partial charge in [0.05, 0.1) is 0 Å². The van der Waals surface area contributed by atoms with Gasteiger partial charge in [-0.25, -0.2) is 0 Å². The monoisotopic (exact) mass is 173 g/mol. The molecule has 0 aromatic rings. The Morgan fingerprint density at radius 2 is 1.91 bits per heavy atom. The van der Waals surface area contributed by atoms with Gasteiger partial charge in [0.1, 0.15) is 0 Å². The largest absolute Gasteiger partial charge is 0.302 e. The zero-order valence-corrected chi connectivity index (χ0v) is 8.49. The fraction of sp³-hybridized carbons (Fsp3) is 1.00. The first-order valence-electron chi connectivity index (χ1n) is 4.59. The van der Waals surface area contributed by atoms with Crippen LogP contribution in [-0.2, 0) is 0 Å². The fourth-order valence-corrected chi connectivity index (χ4v) is 2.24. The van der Waals surface area contributed by atoms with Gasteiger partial charge in [-0.2, -0.15) is 11.8 Å². The standard InChI is InChI=1S/C9H19NS/c1-9(2)3-4-10-5-7-11-8-6-10/h9H,3-8H2,1-2H3. The number of hydrogen-bond donors (Lipinski definition) is 0. The highest BCUT2D eigenvalue weighted by Gasteiger charge is 2.09. The van der Waals surface area contributed by atoms with Crippen LogP contribution in [0.4, 0.5) is 0 Å². The average molecular weight is 173 g/mol.